The zero-order chi connectivity index (χ0) is 19.5. The Hall–Kier alpha value is -2.81. The minimum atomic E-state index is -0.657. The van der Waals surface area contributed by atoms with Crippen LogP contribution >= 0.6 is 0 Å². The molecule has 2 aliphatic heterocycles. The molecule has 1 aliphatic carbocycles. The average Bonchev–Trinajstić information content (AvgIpc) is 3.51. The predicted molar refractivity (Wildman–Crippen MR) is 99.1 cm³/mol. The number of amides is 4. The molecule has 1 atom stereocenters. The zero-order valence-corrected chi connectivity index (χ0v) is 15.6. The lowest BCUT2D eigenvalue weighted by Crippen LogP contribution is -2.55. The summed E-state index contributed by atoms with van der Waals surface area (Å²) in [4.78, 5) is 40.0. The van der Waals surface area contributed by atoms with Gasteiger partial charge in [0, 0.05) is 32.2 Å². The summed E-state index contributed by atoms with van der Waals surface area (Å²) >= 11 is 0. The van der Waals surface area contributed by atoms with Crippen LogP contribution in [0.3, 0.4) is 0 Å². The number of para-hydroxylation sites is 2. The highest BCUT2D eigenvalue weighted by atomic mass is 16.6. The number of hydrogen-bond acceptors (Lipinski definition) is 6. The van der Waals surface area contributed by atoms with Crippen LogP contribution in [0.2, 0.25) is 0 Å². The number of nitrogens with one attached hydrogen (secondary N) is 2. The molecule has 0 unspecified atom stereocenters. The van der Waals surface area contributed by atoms with Crippen molar-refractivity contribution >= 4 is 17.8 Å². The van der Waals surface area contributed by atoms with E-state index in [1.54, 1.807) is 11.0 Å². The lowest BCUT2D eigenvalue weighted by molar-refractivity contribution is -0.143. The van der Waals surface area contributed by atoms with Crippen molar-refractivity contribution in [2.75, 3.05) is 39.3 Å². The van der Waals surface area contributed by atoms with E-state index in [0.29, 0.717) is 37.7 Å². The van der Waals surface area contributed by atoms with E-state index in [1.807, 2.05) is 23.1 Å². The molecule has 1 saturated carbocycles. The smallest absolute Gasteiger partial charge is 0.321 e. The Labute approximate surface area is 162 Å². The van der Waals surface area contributed by atoms with E-state index in [1.165, 1.54) is 0 Å². The van der Waals surface area contributed by atoms with Crippen molar-refractivity contribution in [2.45, 2.75) is 25.0 Å². The number of urea groups is 1. The van der Waals surface area contributed by atoms with Crippen LogP contribution in [0.1, 0.15) is 12.8 Å². The third-order valence-electron chi connectivity index (χ3n) is 5.00. The molecule has 0 radical (unpaired) electrons. The van der Waals surface area contributed by atoms with Crippen LogP contribution in [-0.4, -0.2) is 79.1 Å². The van der Waals surface area contributed by atoms with Crippen molar-refractivity contribution < 1.29 is 23.9 Å². The fraction of sp³-hybridized carbons (Fsp3) is 0.526. The SMILES string of the molecule is O=C(CN1CCN(C(=O)[C@H]2COc3ccccc3O2)CC1)NC(=O)NC1CC1. The third-order valence-corrected chi connectivity index (χ3v) is 5.00. The number of hydrogen-bond donors (Lipinski definition) is 2. The van der Waals surface area contributed by atoms with E-state index >= 15 is 0 Å². The molecule has 2 fully saturated rings. The molecule has 2 N–H and O–H groups in total. The molecule has 4 rings (SSSR count). The molecule has 150 valence electrons. The average molecular weight is 388 g/mol. The van der Waals surface area contributed by atoms with Gasteiger partial charge in [-0.15, -0.1) is 0 Å². The largest absolute Gasteiger partial charge is 0.485 e. The molecular formula is C19H24N4O5. The monoisotopic (exact) mass is 388 g/mol. The second-order valence-electron chi connectivity index (χ2n) is 7.26. The Kier molecular flexibility index (Phi) is 5.34. The van der Waals surface area contributed by atoms with Crippen LogP contribution in [-0.2, 0) is 9.59 Å². The van der Waals surface area contributed by atoms with E-state index < -0.39 is 12.1 Å². The molecule has 0 aromatic heterocycles. The Bertz CT molecular complexity index is 758. The van der Waals surface area contributed by atoms with E-state index in [9.17, 15) is 14.4 Å². The number of imide groups is 1. The minimum absolute atomic E-state index is 0.109. The summed E-state index contributed by atoms with van der Waals surface area (Å²) in [5.41, 5.74) is 0. The highest BCUT2D eigenvalue weighted by Crippen LogP contribution is 2.31. The molecule has 1 aromatic carbocycles. The predicted octanol–water partition coefficient (Wildman–Crippen LogP) is -0.0412. The first kappa shape index (κ1) is 18.5. The van der Waals surface area contributed by atoms with E-state index in [4.69, 9.17) is 9.47 Å². The molecule has 0 spiro atoms. The van der Waals surface area contributed by atoms with Crippen LogP contribution in [0.15, 0.2) is 24.3 Å². The van der Waals surface area contributed by atoms with Gasteiger partial charge in [-0.25, -0.2) is 4.79 Å². The molecule has 3 aliphatic rings. The van der Waals surface area contributed by atoms with Gasteiger partial charge in [-0.2, -0.15) is 0 Å². The first-order valence-corrected chi connectivity index (χ1v) is 9.58. The van der Waals surface area contributed by atoms with Crippen LogP contribution in [0, 0.1) is 0 Å². The molecule has 1 saturated heterocycles. The molecule has 1 aromatic rings. The second kappa shape index (κ2) is 8.05. The Balaban J connectivity index is 1.21. The fourth-order valence-corrected chi connectivity index (χ4v) is 3.29. The van der Waals surface area contributed by atoms with E-state index in [-0.39, 0.29) is 31.0 Å². The lowest BCUT2D eigenvalue weighted by Gasteiger charge is -2.36. The summed E-state index contributed by atoms with van der Waals surface area (Å²) in [5.74, 6) is 0.779. The number of fused-ring (bicyclic) bond motifs is 1. The van der Waals surface area contributed by atoms with E-state index in [0.717, 1.165) is 12.8 Å². The maximum Gasteiger partial charge on any atom is 0.321 e. The Morgan fingerprint density at radius 3 is 2.46 bits per heavy atom. The second-order valence-corrected chi connectivity index (χ2v) is 7.26. The summed E-state index contributed by atoms with van der Waals surface area (Å²) < 4.78 is 11.4. The van der Waals surface area contributed by atoms with Crippen molar-refractivity contribution in [3.05, 3.63) is 24.3 Å². The minimum Gasteiger partial charge on any atom is -0.485 e. The van der Waals surface area contributed by atoms with Gasteiger partial charge in [-0.3, -0.25) is 19.8 Å². The number of carbonyl (C=O) groups excluding carboxylic acids is 3. The standard InChI is InChI=1S/C19H24N4O5/c24-17(21-19(26)20-13-5-6-13)11-22-7-9-23(10-8-22)18(25)16-12-27-14-3-1-2-4-15(14)28-16/h1-4,13,16H,5-12H2,(H2,20,21,24,26)/t16-/m1/s1. The van der Waals surface area contributed by atoms with Gasteiger partial charge in [0.05, 0.1) is 6.54 Å². The Morgan fingerprint density at radius 1 is 1.04 bits per heavy atom. The van der Waals surface area contributed by atoms with Crippen molar-refractivity contribution in [3.8, 4) is 11.5 Å². The highest BCUT2D eigenvalue weighted by Gasteiger charge is 2.33. The van der Waals surface area contributed by atoms with Gasteiger partial charge in [0.1, 0.15) is 6.61 Å². The van der Waals surface area contributed by atoms with Gasteiger partial charge in [0.2, 0.25) is 12.0 Å². The molecule has 9 nitrogen and oxygen atoms in total. The summed E-state index contributed by atoms with van der Waals surface area (Å²) in [6.07, 6.45) is 1.29. The van der Waals surface area contributed by atoms with Gasteiger partial charge >= 0.3 is 6.03 Å². The number of ether oxygens (including phenoxy) is 2. The summed E-state index contributed by atoms with van der Waals surface area (Å²) in [7, 11) is 0. The quantitative estimate of drug-likeness (QED) is 0.751. The summed E-state index contributed by atoms with van der Waals surface area (Å²) in [6, 6.07) is 7.06. The number of piperazine rings is 1. The number of carbonyl (C=O) groups is 3. The van der Waals surface area contributed by atoms with Gasteiger partial charge in [-0.05, 0) is 25.0 Å². The molecule has 0 bridgehead atoms. The molecule has 4 amide bonds. The zero-order valence-electron chi connectivity index (χ0n) is 15.6. The summed E-state index contributed by atoms with van der Waals surface area (Å²) in [6.45, 7) is 2.45. The maximum atomic E-state index is 12.7. The first-order valence-electron chi connectivity index (χ1n) is 9.58. The highest BCUT2D eigenvalue weighted by molar-refractivity contribution is 5.95. The van der Waals surface area contributed by atoms with Crippen LogP contribution in [0.25, 0.3) is 0 Å². The summed E-state index contributed by atoms with van der Waals surface area (Å²) in [5, 5.41) is 5.07. The molecule has 28 heavy (non-hydrogen) atoms. The van der Waals surface area contributed by atoms with Crippen molar-refractivity contribution in [1.82, 2.24) is 20.4 Å². The topological polar surface area (TPSA) is 100 Å². The molecular weight excluding hydrogens is 364 g/mol. The van der Waals surface area contributed by atoms with Crippen LogP contribution in [0.4, 0.5) is 4.79 Å². The number of nitrogens with zero attached hydrogens (tertiary/aromatic N) is 2. The van der Waals surface area contributed by atoms with E-state index in [2.05, 4.69) is 10.6 Å². The third kappa shape index (κ3) is 4.53. The van der Waals surface area contributed by atoms with Crippen molar-refractivity contribution in [1.29, 1.82) is 0 Å². The first-order chi connectivity index (χ1) is 13.6. The Morgan fingerprint density at radius 2 is 1.75 bits per heavy atom. The van der Waals surface area contributed by atoms with Crippen LogP contribution in [0.5, 0.6) is 11.5 Å². The van der Waals surface area contributed by atoms with Crippen molar-refractivity contribution in [2.24, 2.45) is 0 Å². The molecule has 2 heterocycles. The van der Waals surface area contributed by atoms with Gasteiger partial charge < -0.3 is 19.7 Å². The number of rotatable bonds is 4. The normalized spacial score (nSPS) is 21.7. The fourth-order valence-electron chi connectivity index (χ4n) is 3.29. The van der Waals surface area contributed by atoms with Crippen LogP contribution < -0.4 is 20.1 Å². The van der Waals surface area contributed by atoms with Gasteiger partial charge in [0.15, 0.2) is 11.5 Å². The van der Waals surface area contributed by atoms with Crippen molar-refractivity contribution in [3.63, 3.8) is 0 Å². The lowest BCUT2D eigenvalue weighted by atomic mass is 10.2. The van der Waals surface area contributed by atoms with Gasteiger partial charge in [0.25, 0.3) is 5.91 Å². The molecule has 9 heteroatoms. The number of benzene rings is 1. The van der Waals surface area contributed by atoms with Gasteiger partial charge in [-0.1, -0.05) is 12.1 Å². The maximum absolute atomic E-state index is 12.7.